The van der Waals surface area contributed by atoms with Crippen LogP contribution in [0.3, 0.4) is 0 Å². The fourth-order valence-electron chi connectivity index (χ4n) is 1.73. The second kappa shape index (κ2) is 5.70. The molecule has 0 heterocycles. The van der Waals surface area contributed by atoms with Gasteiger partial charge in [0.15, 0.2) is 5.92 Å². The van der Waals surface area contributed by atoms with Crippen LogP contribution in [0.15, 0.2) is 28.7 Å². The Hall–Kier alpha value is -0.760. The van der Waals surface area contributed by atoms with E-state index >= 15 is 0 Å². The van der Waals surface area contributed by atoms with Crippen LogP contribution in [0.5, 0.6) is 0 Å². The van der Waals surface area contributed by atoms with Gasteiger partial charge >= 0.3 is 12.4 Å². The van der Waals surface area contributed by atoms with E-state index in [0.717, 1.165) is 0 Å². The average molecular weight is 350 g/mol. The Kier molecular flexibility index (Phi) is 4.89. The maximum absolute atomic E-state index is 12.4. The van der Waals surface area contributed by atoms with Crippen LogP contribution in [0.4, 0.5) is 26.3 Å². The molecule has 0 aliphatic rings. The average Bonchev–Trinajstić information content (AvgIpc) is 2.11. The summed E-state index contributed by atoms with van der Waals surface area (Å²) in [5.74, 6) is -3.53. The van der Waals surface area contributed by atoms with E-state index < -0.39 is 30.7 Å². The second-order valence-corrected chi connectivity index (χ2v) is 4.97. The molecule has 0 saturated carbocycles. The predicted octanol–water partition coefficient (Wildman–Crippen LogP) is 4.06. The van der Waals surface area contributed by atoms with Gasteiger partial charge in [0.2, 0.25) is 0 Å². The van der Waals surface area contributed by atoms with Gasteiger partial charge in [-0.3, -0.25) is 0 Å². The van der Waals surface area contributed by atoms with Crippen molar-refractivity contribution in [3.05, 3.63) is 34.3 Å². The highest BCUT2D eigenvalue weighted by molar-refractivity contribution is 9.10. The Bertz CT molecular complexity index is 414. The van der Waals surface area contributed by atoms with E-state index in [1.54, 1.807) is 6.07 Å². The van der Waals surface area contributed by atoms with E-state index in [4.69, 9.17) is 5.73 Å². The minimum absolute atomic E-state index is 0.306. The van der Waals surface area contributed by atoms with Crippen molar-refractivity contribution in [3.63, 3.8) is 0 Å². The van der Waals surface area contributed by atoms with E-state index in [-0.39, 0.29) is 0 Å². The number of nitrogens with two attached hydrogens (primary N) is 1. The molecule has 0 aromatic heterocycles. The molecular formula is C11H10BrF6N. The zero-order valence-electron chi connectivity index (χ0n) is 9.39. The van der Waals surface area contributed by atoms with Gasteiger partial charge in [0.05, 0.1) is 0 Å². The zero-order valence-corrected chi connectivity index (χ0v) is 11.0. The van der Waals surface area contributed by atoms with Crippen molar-refractivity contribution in [1.82, 2.24) is 0 Å². The molecule has 0 saturated heterocycles. The molecule has 108 valence electrons. The van der Waals surface area contributed by atoms with Gasteiger partial charge in [0.1, 0.15) is 0 Å². The normalized spacial score (nSPS) is 14.8. The standard InChI is InChI=1S/C11H10BrF6N/c12-7-3-1-2-6(4-7)5-8(19)9(10(13,14)15)11(16,17)18/h1-4,8-9H,5,19H2. The van der Waals surface area contributed by atoms with Crippen molar-refractivity contribution in [2.45, 2.75) is 24.8 Å². The molecular weight excluding hydrogens is 340 g/mol. The summed E-state index contributed by atoms with van der Waals surface area (Å²) in [6, 6.07) is 3.91. The second-order valence-electron chi connectivity index (χ2n) is 4.06. The van der Waals surface area contributed by atoms with E-state index in [2.05, 4.69) is 15.9 Å². The van der Waals surface area contributed by atoms with Crippen molar-refractivity contribution < 1.29 is 26.3 Å². The molecule has 1 atom stereocenters. The van der Waals surface area contributed by atoms with Crippen molar-refractivity contribution in [3.8, 4) is 0 Å². The molecule has 2 N–H and O–H groups in total. The SMILES string of the molecule is NC(Cc1cccc(Br)c1)C(C(F)(F)F)C(F)(F)F. The van der Waals surface area contributed by atoms with Crippen molar-refractivity contribution in [2.24, 2.45) is 11.7 Å². The maximum atomic E-state index is 12.4. The highest BCUT2D eigenvalue weighted by Gasteiger charge is 2.59. The van der Waals surface area contributed by atoms with E-state index in [1.165, 1.54) is 18.2 Å². The lowest BCUT2D eigenvalue weighted by Crippen LogP contribution is -2.49. The molecule has 0 bridgehead atoms. The van der Waals surface area contributed by atoms with Crippen LogP contribution in [-0.2, 0) is 6.42 Å². The van der Waals surface area contributed by atoms with Crippen molar-refractivity contribution in [1.29, 1.82) is 0 Å². The maximum Gasteiger partial charge on any atom is 0.402 e. The summed E-state index contributed by atoms with van der Waals surface area (Å²) in [6.45, 7) is 0. The number of benzene rings is 1. The summed E-state index contributed by atoms with van der Waals surface area (Å²) in [4.78, 5) is 0. The lowest BCUT2D eigenvalue weighted by molar-refractivity contribution is -0.289. The molecule has 1 aromatic carbocycles. The van der Waals surface area contributed by atoms with Crippen LogP contribution in [0, 0.1) is 5.92 Å². The van der Waals surface area contributed by atoms with Crippen LogP contribution in [0.25, 0.3) is 0 Å². The van der Waals surface area contributed by atoms with Gasteiger partial charge in [-0.25, -0.2) is 0 Å². The zero-order chi connectivity index (χ0) is 14.8. The molecule has 1 rings (SSSR count). The summed E-state index contributed by atoms with van der Waals surface area (Å²) >= 11 is 3.08. The first kappa shape index (κ1) is 16.3. The quantitative estimate of drug-likeness (QED) is 0.818. The lowest BCUT2D eigenvalue weighted by atomic mass is 9.93. The first-order valence-electron chi connectivity index (χ1n) is 5.15. The van der Waals surface area contributed by atoms with E-state index in [9.17, 15) is 26.3 Å². The van der Waals surface area contributed by atoms with Crippen LogP contribution in [-0.4, -0.2) is 18.4 Å². The topological polar surface area (TPSA) is 26.0 Å². The lowest BCUT2D eigenvalue weighted by Gasteiger charge is -2.28. The molecule has 8 heteroatoms. The van der Waals surface area contributed by atoms with Crippen LogP contribution < -0.4 is 5.73 Å². The highest BCUT2D eigenvalue weighted by atomic mass is 79.9. The molecule has 19 heavy (non-hydrogen) atoms. The van der Waals surface area contributed by atoms with Gasteiger partial charge in [-0.05, 0) is 24.1 Å². The van der Waals surface area contributed by atoms with E-state index in [0.29, 0.717) is 10.0 Å². The van der Waals surface area contributed by atoms with Crippen molar-refractivity contribution >= 4 is 15.9 Å². The molecule has 0 spiro atoms. The summed E-state index contributed by atoms with van der Waals surface area (Å²) in [5.41, 5.74) is 5.42. The Morgan fingerprint density at radius 3 is 2.00 bits per heavy atom. The number of alkyl halides is 6. The van der Waals surface area contributed by atoms with Crippen LogP contribution in [0.2, 0.25) is 0 Å². The van der Waals surface area contributed by atoms with Gasteiger partial charge in [0.25, 0.3) is 0 Å². The number of halogens is 7. The molecule has 0 fully saturated rings. The molecule has 0 aliphatic carbocycles. The largest absolute Gasteiger partial charge is 0.402 e. The fourth-order valence-corrected chi connectivity index (χ4v) is 2.17. The Morgan fingerprint density at radius 1 is 1.05 bits per heavy atom. The highest BCUT2D eigenvalue weighted by Crippen LogP contribution is 2.41. The minimum atomic E-state index is -5.41. The summed E-state index contributed by atoms with van der Waals surface area (Å²) in [5, 5.41) is 0. The molecule has 0 amide bonds. The monoisotopic (exact) mass is 349 g/mol. The number of rotatable bonds is 3. The molecule has 0 radical (unpaired) electrons. The van der Waals surface area contributed by atoms with Crippen LogP contribution in [0.1, 0.15) is 5.56 Å². The number of hydrogen-bond donors (Lipinski definition) is 1. The molecule has 1 aromatic rings. The summed E-state index contributed by atoms with van der Waals surface area (Å²) in [6.07, 6.45) is -11.3. The summed E-state index contributed by atoms with van der Waals surface area (Å²) < 4.78 is 75.2. The molecule has 1 unspecified atom stereocenters. The summed E-state index contributed by atoms with van der Waals surface area (Å²) in [7, 11) is 0. The number of hydrogen-bond acceptors (Lipinski definition) is 1. The third-order valence-electron chi connectivity index (χ3n) is 2.49. The molecule has 0 aliphatic heterocycles. The Balaban J connectivity index is 2.93. The van der Waals surface area contributed by atoms with Crippen LogP contribution >= 0.6 is 15.9 Å². The third-order valence-corrected chi connectivity index (χ3v) is 2.99. The first-order chi connectivity index (χ1) is 8.51. The van der Waals surface area contributed by atoms with Crippen molar-refractivity contribution in [2.75, 3.05) is 0 Å². The smallest absolute Gasteiger partial charge is 0.327 e. The van der Waals surface area contributed by atoms with Gasteiger partial charge < -0.3 is 5.73 Å². The van der Waals surface area contributed by atoms with Gasteiger partial charge in [-0.2, -0.15) is 26.3 Å². The third kappa shape index (κ3) is 4.68. The minimum Gasteiger partial charge on any atom is -0.327 e. The van der Waals surface area contributed by atoms with Gasteiger partial charge in [-0.15, -0.1) is 0 Å². The Labute approximate surface area is 113 Å². The Morgan fingerprint density at radius 2 is 1.58 bits per heavy atom. The predicted molar refractivity (Wildman–Crippen MR) is 61.4 cm³/mol. The van der Waals surface area contributed by atoms with E-state index in [1.807, 2.05) is 0 Å². The van der Waals surface area contributed by atoms with Gasteiger partial charge in [0, 0.05) is 10.5 Å². The van der Waals surface area contributed by atoms with Gasteiger partial charge in [-0.1, -0.05) is 28.1 Å². The fraction of sp³-hybridized carbons (Fsp3) is 0.455. The first-order valence-corrected chi connectivity index (χ1v) is 5.94. The molecule has 1 nitrogen and oxygen atoms in total.